The first-order valence-electron chi connectivity index (χ1n) is 9.99. The van der Waals surface area contributed by atoms with E-state index in [0.717, 1.165) is 22.8 Å². The zero-order chi connectivity index (χ0) is 28.3. The number of tetrazole rings is 2. The zero-order valence-electron chi connectivity index (χ0n) is 20.9. The third-order valence-electron chi connectivity index (χ3n) is 4.03. The summed E-state index contributed by atoms with van der Waals surface area (Å²) < 4.78 is 71.5. The molecule has 0 aliphatic rings. The quantitative estimate of drug-likeness (QED) is 0.267. The average molecular weight is 555 g/mol. The van der Waals surface area contributed by atoms with Crippen LogP contribution < -0.4 is 46.6 Å². The van der Waals surface area contributed by atoms with Crippen molar-refractivity contribution in [1.29, 1.82) is 0 Å². The normalized spacial score (nSPS) is 12.4. The van der Waals surface area contributed by atoms with Crippen molar-refractivity contribution in [1.82, 2.24) is 30.2 Å². The van der Waals surface area contributed by atoms with Gasteiger partial charge in [0.25, 0.3) is 0 Å². The molecule has 0 aliphatic heterocycles. The molecule has 0 aliphatic carbocycles. The highest BCUT2D eigenvalue weighted by Crippen LogP contribution is 2.20. The SMILES string of the molecule is C[n+]1nn(C(C)(C)C)nc1-c1ccc(-c2nn(C(C)(C)C)n[n+]2C)cc1.[O-][Cl+3]([O-])([O-])[O-].[O-][Cl+3]([O-])([O-])[O-]. The van der Waals surface area contributed by atoms with Crippen molar-refractivity contribution >= 4 is 0 Å². The van der Waals surface area contributed by atoms with Gasteiger partial charge < -0.3 is 0 Å². The van der Waals surface area contributed by atoms with Crippen LogP contribution >= 0.6 is 0 Å². The Balaban J connectivity index is 0.000000550. The molecule has 0 N–H and O–H groups in total. The second-order valence-corrected chi connectivity index (χ2v) is 10.8. The largest absolute Gasteiger partial charge is 0.329 e. The molecule has 0 bridgehead atoms. The number of hydrogen-bond donors (Lipinski definition) is 0. The maximum atomic E-state index is 8.49. The minimum absolute atomic E-state index is 0.158. The molecule has 0 amide bonds. The van der Waals surface area contributed by atoms with Crippen LogP contribution in [0.1, 0.15) is 41.5 Å². The van der Waals surface area contributed by atoms with Gasteiger partial charge in [0.05, 0.1) is 45.8 Å². The van der Waals surface area contributed by atoms with E-state index in [9.17, 15) is 0 Å². The van der Waals surface area contributed by atoms with Gasteiger partial charge in [-0.2, -0.15) is 0 Å². The number of rotatable bonds is 2. The van der Waals surface area contributed by atoms with Crippen molar-refractivity contribution in [2.24, 2.45) is 14.1 Å². The van der Waals surface area contributed by atoms with E-state index in [4.69, 9.17) is 37.3 Å². The van der Waals surface area contributed by atoms with Gasteiger partial charge in [-0.15, -0.1) is 29.8 Å². The number of hydrogen-bond acceptors (Lipinski definition) is 12. The maximum absolute atomic E-state index is 8.49. The third kappa shape index (κ3) is 11.1. The molecule has 16 nitrogen and oxygen atoms in total. The molecule has 3 aromatic rings. The highest BCUT2D eigenvalue weighted by molar-refractivity contribution is 5.60. The van der Waals surface area contributed by atoms with Gasteiger partial charge in [0.15, 0.2) is 0 Å². The van der Waals surface area contributed by atoms with Gasteiger partial charge in [0.2, 0.25) is 0 Å². The summed E-state index contributed by atoms with van der Waals surface area (Å²) in [6, 6.07) is 8.18. The lowest BCUT2D eigenvalue weighted by Crippen LogP contribution is -2.68. The summed E-state index contributed by atoms with van der Waals surface area (Å²) in [5.41, 5.74) is 1.71. The molecule has 18 heteroatoms. The Morgan fingerprint density at radius 1 is 0.583 bits per heavy atom. The molecule has 202 valence electrons. The van der Waals surface area contributed by atoms with E-state index in [1.165, 1.54) is 0 Å². The summed E-state index contributed by atoms with van der Waals surface area (Å²) in [5.74, 6) is 1.66. The van der Waals surface area contributed by atoms with Gasteiger partial charge >= 0.3 is 11.6 Å². The molecule has 0 saturated carbocycles. The first kappa shape index (κ1) is 31.6. The number of benzene rings is 1. The van der Waals surface area contributed by atoms with Crippen molar-refractivity contribution in [3.05, 3.63) is 24.3 Å². The molecular weight excluding hydrogens is 527 g/mol. The third-order valence-corrected chi connectivity index (χ3v) is 4.03. The maximum Gasteiger partial charge on any atom is 0.329 e. The van der Waals surface area contributed by atoms with Crippen LogP contribution in [-0.4, -0.2) is 30.2 Å². The van der Waals surface area contributed by atoms with Crippen molar-refractivity contribution < 1.29 is 67.1 Å². The van der Waals surface area contributed by atoms with Gasteiger partial charge in [0, 0.05) is 0 Å². The predicted octanol–water partition coefficient (Wildman–Crippen LogP) is -8.15. The van der Waals surface area contributed by atoms with Gasteiger partial charge in [-0.05, 0) is 75.4 Å². The summed E-state index contributed by atoms with van der Waals surface area (Å²) in [5, 5.41) is 18.2. The van der Waals surface area contributed by atoms with Crippen LogP contribution in [-0.2, 0) is 25.2 Å². The first-order chi connectivity index (χ1) is 16.0. The van der Waals surface area contributed by atoms with Crippen molar-refractivity contribution in [2.75, 3.05) is 0 Å². The monoisotopic (exact) mass is 554 g/mol. The summed E-state index contributed by atoms with van der Waals surface area (Å²) in [7, 11) is -6.07. The molecule has 0 radical (unpaired) electrons. The molecule has 0 saturated heterocycles. The molecular formula is C18H28Cl2N8O8. The van der Waals surface area contributed by atoms with Crippen LogP contribution in [0.3, 0.4) is 0 Å². The van der Waals surface area contributed by atoms with Crippen LogP contribution in [0.5, 0.6) is 0 Å². The molecule has 2 heterocycles. The molecule has 1 aromatic carbocycles. The van der Waals surface area contributed by atoms with E-state index in [1.807, 2.05) is 38.4 Å². The fraction of sp³-hybridized carbons (Fsp3) is 0.556. The summed E-state index contributed by atoms with van der Waals surface area (Å²) >= 11 is 0. The fourth-order valence-corrected chi connectivity index (χ4v) is 2.51. The molecule has 3 rings (SSSR count). The first-order valence-corrected chi connectivity index (χ1v) is 12.5. The Bertz CT molecular complexity index is 1030. The van der Waals surface area contributed by atoms with Gasteiger partial charge in [0.1, 0.15) is 11.1 Å². The van der Waals surface area contributed by atoms with E-state index in [0.29, 0.717) is 0 Å². The Morgan fingerprint density at radius 3 is 0.972 bits per heavy atom. The van der Waals surface area contributed by atoms with Crippen LogP contribution in [0.4, 0.5) is 0 Å². The zero-order valence-corrected chi connectivity index (χ0v) is 22.4. The van der Waals surface area contributed by atoms with Crippen LogP contribution in [0, 0.1) is 20.5 Å². The van der Waals surface area contributed by atoms with Crippen LogP contribution in [0.15, 0.2) is 24.3 Å². The Hall–Kier alpha value is -2.38. The van der Waals surface area contributed by atoms with Crippen LogP contribution in [0.2, 0.25) is 0 Å². The Morgan fingerprint density at radius 2 is 0.806 bits per heavy atom. The number of halogens is 2. The molecule has 2 aromatic heterocycles. The minimum Gasteiger partial charge on any atom is -0.222 e. The Labute approximate surface area is 211 Å². The van der Waals surface area contributed by atoms with Gasteiger partial charge in [-0.3, -0.25) is 0 Å². The van der Waals surface area contributed by atoms with E-state index in [2.05, 4.69) is 62.2 Å². The van der Waals surface area contributed by atoms with Gasteiger partial charge in [-0.25, -0.2) is 37.3 Å². The minimum atomic E-state index is -4.94. The molecule has 0 fully saturated rings. The van der Waals surface area contributed by atoms with E-state index >= 15 is 0 Å². The molecule has 0 unspecified atom stereocenters. The predicted molar refractivity (Wildman–Crippen MR) is 96.8 cm³/mol. The van der Waals surface area contributed by atoms with E-state index < -0.39 is 20.5 Å². The van der Waals surface area contributed by atoms with E-state index in [-0.39, 0.29) is 11.1 Å². The highest BCUT2D eigenvalue weighted by Gasteiger charge is 2.29. The second-order valence-electron chi connectivity index (χ2n) is 9.33. The highest BCUT2D eigenvalue weighted by atomic mass is 35.7. The van der Waals surface area contributed by atoms with Crippen molar-refractivity contribution in [2.45, 2.75) is 52.6 Å². The Kier molecular flexibility index (Phi) is 9.97. The fourth-order valence-electron chi connectivity index (χ4n) is 2.51. The number of aryl methyl sites for hydroxylation is 2. The standard InChI is InChI=1S/C18H28N8.2ClHO4/c1-17(2,3)25-19-15(23(7)21-25)13-9-11-14(12-10-13)16-20-26(18(4,5)6)22-24(16)8;2*2-1(3,4)5/h9-12H,1-8H3;2*(H,2,3,4,5)/q+2;;/p-2. The second kappa shape index (κ2) is 11.3. The summed E-state index contributed by atoms with van der Waals surface area (Å²) in [4.78, 5) is 3.48. The number of nitrogens with zero attached hydrogens (tertiary/aromatic N) is 8. The topological polar surface area (TPSA) is 254 Å². The average Bonchev–Trinajstić information content (AvgIpc) is 3.22. The summed E-state index contributed by atoms with van der Waals surface area (Å²) in [6.45, 7) is 12.5. The van der Waals surface area contributed by atoms with E-state index in [1.54, 1.807) is 19.0 Å². The smallest absolute Gasteiger partial charge is 0.222 e. The van der Waals surface area contributed by atoms with Crippen molar-refractivity contribution in [3.8, 4) is 22.8 Å². The lowest BCUT2D eigenvalue weighted by Gasteiger charge is -2.17. The van der Waals surface area contributed by atoms with Gasteiger partial charge in [-0.1, -0.05) is 0 Å². The summed E-state index contributed by atoms with van der Waals surface area (Å²) in [6.07, 6.45) is 0. The number of aromatic nitrogens is 8. The molecule has 0 atom stereocenters. The van der Waals surface area contributed by atoms with Crippen LogP contribution in [0.25, 0.3) is 22.8 Å². The molecule has 0 spiro atoms. The molecule has 36 heavy (non-hydrogen) atoms. The lowest BCUT2D eigenvalue weighted by molar-refractivity contribution is -2.00. The van der Waals surface area contributed by atoms with Crippen molar-refractivity contribution in [3.63, 3.8) is 0 Å². The lowest BCUT2D eigenvalue weighted by atomic mass is 10.1.